The van der Waals surface area contributed by atoms with Gasteiger partial charge in [0.1, 0.15) is 11.5 Å². The Morgan fingerprint density at radius 1 is 1.00 bits per heavy atom. The lowest BCUT2D eigenvalue weighted by Gasteiger charge is -2.12. The summed E-state index contributed by atoms with van der Waals surface area (Å²) in [5, 5.41) is 5.38. The van der Waals surface area contributed by atoms with E-state index in [0.29, 0.717) is 36.7 Å². The summed E-state index contributed by atoms with van der Waals surface area (Å²) >= 11 is 0. The molecule has 2 aromatic rings. The van der Waals surface area contributed by atoms with Crippen molar-refractivity contribution in [1.82, 2.24) is 5.32 Å². The highest BCUT2D eigenvalue weighted by molar-refractivity contribution is 6.04. The molecule has 144 valence electrons. The quantitative estimate of drug-likeness (QED) is 0.594. The Hall–Kier alpha value is -3.06. The highest BCUT2D eigenvalue weighted by Crippen LogP contribution is 2.18. The van der Waals surface area contributed by atoms with Crippen LogP contribution < -0.4 is 25.8 Å². The van der Waals surface area contributed by atoms with Gasteiger partial charge in [-0.3, -0.25) is 9.59 Å². The minimum atomic E-state index is -0.361. The second-order valence-electron chi connectivity index (χ2n) is 5.75. The number of carbonyl (C=O) groups is 2. The largest absolute Gasteiger partial charge is 0.494 e. The molecule has 0 aliphatic heterocycles. The van der Waals surface area contributed by atoms with Gasteiger partial charge in [-0.1, -0.05) is 19.1 Å². The average molecular weight is 371 g/mol. The number of anilines is 1. The van der Waals surface area contributed by atoms with Gasteiger partial charge >= 0.3 is 0 Å². The number of amides is 2. The van der Waals surface area contributed by atoms with Crippen molar-refractivity contribution in [2.24, 2.45) is 5.73 Å². The monoisotopic (exact) mass is 371 g/mol. The van der Waals surface area contributed by atoms with E-state index in [0.717, 1.165) is 12.2 Å². The summed E-state index contributed by atoms with van der Waals surface area (Å²) in [6.07, 6.45) is 0.935. The number of nitrogens with two attached hydrogens (primary N) is 1. The summed E-state index contributed by atoms with van der Waals surface area (Å²) in [4.78, 5) is 24.3. The normalized spacial score (nSPS) is 10.1. The zero-order valence-corrected chi connectivity index (χ0v) is 15.4. The second-order valence-corrected chi connectivity index (χ2v) is 5.75. The number of hydrogen-bond acceptors (Lipinski definition) is 5. The summed E-state index contributed by atoms with van der Waals surface area (Å²) in [7, 11) is 0. The van der Waals surface area contributed by atoms with E-state index in [-0.39, 0.29) is 18.4 Å². The van der Waals surface area contributed by atoms with E-state index in [9.17, 15) is 9.59 Å². The fourth-order valence-corrected chi connectivity index (χ4v) is 2.26. The van der Waals surface area contributed by atoms with E-state index in [2.05, 4.69) is 10.6 Å². The Balaban J connectivity index is 1.89. The van der Waals surface area contributed by atoms with E-state index >= 15 is 0 Å². The van der Waals surface area contributed by atoms with E-state index in [1.165, 1.54) is 0 Å². The van der Waals surface area contributed by atoms with Crippen molar-refractivity contribution in [3.8, 4) is 11.5 Å². The lowest BCUT2D eigenvalue weighted by Crippen LogP contribution is -2.30. The molecule has 0 atom stereocenters. The molecule has 0 saturated heterocycles. The predicted octanol–water partition coefficient (Wildman–Crippen LogP) is 2.18. The minimum Gasteiger partial charge on any atom is -0.494 e. The van der Waals surface area contributed by atoms with Crippen LogP contribution in [-0.2, 0) is 4.79 Å². The Bertz CT molecular complexity index is 747. The van der Waals surface area contributed by atoms with Crippen molar-refractivity contribution >= 4 is 17.5 Å². The average Bonchev–Trinajstić information content (AvgIpc) is 2.70. The molecule has 27 heavy (non-hydrogen) atoms. The maximum absolute atomic E-state index is 12.2. The van der Waals surface area contributed by atoms with E-state index in [1.54, 1.807) is 48.5 Å². The number of benzene rings is 2. The van der Waals surface area contributed by atoms with Crippen LogP contribution in [0.4, 0.5) is 5.69 Å². The molecular weight excluding hydrogens is 346 g/mol. The number of rotatable bonds is 10. The standard InChI is InChI=1S/C20H25N3O4/c1-2-13-26-15-7-9-16(10-8-15)27-14-19(24)23-18-6-4-3-5-17(18)20(25)22-12-11-21/h3-10H,2,11-14,21H2,1H3,(H,22,25)(H,23,24). The molecule has 0 aliphatic carbocycles. The molecule has 4 N–H and O–H groups in total. The van der Waals surface area contributed by atoms with Gasteiger partial charge in [0.25, 0.3) is 11.8 Å². The number of nitrogens with one attached hydrogen (secondary N) is 2. The molecule has 7 heteroatoms. The molecule has 0 saturated carbocycles. The van der Waals surface area contributed by atoms with Gasteiger partial charge in [-0.25, -0.2) is 0 Å². The minimum absolute atomic E-state index is 0.173. The topological polar surface area (TPSA) is 103 Å². The Morgan fingerprint density at radius 3 is 2.33 bits per heavy atom. The predicted molar refractivity (Wildman–Crippen MR) is 104 cm³/mol. The first-order valence-corrected chi connectivity index (χ1v) is 8.87. The van der Waals surface area contributed by atoms with Crippen LogP contribution in [-0.4, -0.2) is 38.1 Å². The summed E-state index contributed by atoms with van der Waals surface area (Å²) in [5.41, 5.74) is 6.19. The van der Waals surface area contributed by atoms with Gasteiger partial charge in [-0.2, -0.15) is 0 Å². The van der Waals surface area contributed by atoms with Crippen molar-refractivity contribution in [2.75, 3.05) is 31.6 Å². The molecule has 0 unspecified atom stereocenters. The van der Waals surface area contributed by atoms with Crippen LogP contribution in [0.2, 0.25) is 0 Å². The number of para-hydroxylation sites is 1. The van der Waals surface area contributed by atoms with Crippen molar-refractivity contribution in [1.29, 1.82) is 0 Å². The molecule has 0 fully saturated rings. The zero-order valence-electron chi connectivity index (χ0n) is 15.4. The smallest absolute Gasteiger partial charge is 0.262 e. The number of hydrogen-bond donors (Lipinski definition) is 3. The lowest BCUT2D eigenvalue weighted by molar-refractivity contribution is -0.118. The molecule has 2 aromatic carbocycles. The molecule has 0 bridgehead atoms. The molecule has 0 heterocycles. The van der Waals surface area contributed by atoms with Crippen molar-refractivity contribution in [2.45, 2.75) is 13.3 Å². The fraction of sp³-hybridized carbons (Fsp3) is 0.300. The molecule has 0 aromatic heterocycles. The molecule has 0 spiro atoms. The van der Waals surface area contributed by atoms with Crippen LogP contribution in [0.25, 0.3) is 0 Å². The van der Waals surface area contributed by atoms with E-state index < -0.39 is 0 Å². The van der Waals surface area contributed by atoms with E-state index in [4.69, 9.17) is 15.2 Å². The van der Waals surface area contributed by atoms with Crippen molar-refractivity contribution < 1.29 is 19.1 Å². The third-order valence-electron chi connectivity index (χ3n) is 3.54. The third-order valence-corrected chi connectivity index (χ3v) is 3.54. The number of ether oxygens (including phenoxy) is 2. The summed E-state index contributed by atoms with van der Waals surface area (Å²) < 4.78 is 11.0. The van der Waals surface area contributed by atoms with Gasteiger partial charge in [-0.05, 0) is 42.8 Å². The van der Waals surface area contributed by atoms with Crippen LogP contribution in [0.5, 0.6) is 11.5 Å². The molecule has 2 amide bonds. The SMILES string of the molecule is CCCOc1ccc(OCC(=O)Nc2ccccc2C(=O)NCCN)cc1. The van der Waals surface area contributed by atoms with Gasteiger partial charge in [0.05, 0.1) is 17.9 Å². The van der Waals surface area contributed by atoms with Crippen LogP contribution in [0.3, 0.4) is 0 Å². The molecule has 0 aliphatic rings. The van der Waals surface area contributed by atoms with Crippen LogP contribution in [0.15, 0.2) is 48.5 Å². The zero-order chi connectivity index (χ0) is 19.5. The second kappa shape index (κ2) is 10.8. The molecular formula is C20H25N3O4. The van der Waals surface area contributed by atoms with Gasteiger partial charge in [0.15, 0.2) is 6.61 Å². The van der Waals surface area contributed by atoms with Crippen LogP contribution in [0, 0.1) is 0 Å². The van der Waals surface area contributed by atoms with Crippen LogP contribution >= 0.6 is 0 Å². The van der Waals surface area contributed by atoms with Gasteiger partial charge in [-0.15, -0.1) is 0 Å². The van der Waals surface area contributed by atoms with Gasteiger partial charge in [0.2, 0.25) is 0 Å². The van der Waals surface area contributed by atoms with Crippen molar-refractivity contribution in [3.05, 3.63) is 54.1 Å². The fourth-order valence-electron chi connectivity index (χ4n) is 2.26. The Kier molecular flexibility index (Phi) is 8.12. The summed E-state index contributed by atoms with van der Waals surface area (Å²) in [5.74, 6) is 0.661. The highest BCUT2D eigenvalue weighted by Gasteiger charge is 2.13. The van der Waals surface area contributed by atoms with Gasteiger partial charge in [0, 0.05) is 13.1 Å². The first-order valence-electron chi connectivity index (χ1n) is 8.87. The molecule has 7 nitrogen and oxygen atoms in total. The maximum atomic E-state index is 12.2. The van der Waals surface area contributed by atoms with Crippen molar-refractivity contribution in [3.63, 3.8) is 0 Å². The van der Waals surface area contributed by atoms with Gasteiger partial charge < -0.3 is 25.8 Å². The lowest BCUT2D eigenvalue weighted by atomic mass is 10.1. The highest BCUT2D eigenvalue weighted by atomic mass is 16.5. The first-order chi connectivity index (χ1) is 13.1. The molecule has 0 radical (unpaired) electrons. The van der Waals surface area contributed by atoms with E-state index in [1.807, 2.05) is 6.92 Å². The summed E-state index contributed by atoms with van der Waals surface area (Å²) in [6.45, 7) is 3.23. The summed E-state index contributed by atoms with van der Waals surface area (Å²) in [6, 6.07) is 13.8. The third kappa shape index (κ3) is 6.63. The van der Waals surface area contributed by atoms with Crippen LogP contribution in [0.1, 0.15) is 23.7 Å². The number of carbonyl (C=O) groups excluding carboxylic acids is 2. The first kappa shape index (κ1) is 20.3. The Morgan fingerprint density at radius 2 is 1.67 bits per heavy atom. The maximum Gasteiger partial charge on any atom is 0.262 e. The Labute approximate surface area is 158 Å². The molecule has 2 rings (SSSR count).